The molecule has 0 bridgehead atoms. The topological polar surface area (TPSA) is 64.8 Å². The Bertz CT molecular complexity index is 861. The fraction of sp³-hybridized carbons (Fsp3) is 0.545. The smallest absolute Gasteiger partial charge is 0.235 e. The maximum atomic E-state index is 13.4. The number of rotatable bonds is 5. The van der Waals surface area contributed by atoms with Crippen molar-refractivity contribution in [3.05, 3.63) is 30.0 Å². The maximum absolute atomic E-state index is 13.4. The number of carbonyl (C=O) groups is 1. The molecule has 1 saturated carbocycles. The van der Waals surface area contributed by atoms with Crippen LogP contribution < -0.4 is 9.47 Å². The minimum Gasteiger partial charge on any atom is -0.493 e. The number of piperidine rings is 1. The Morgan fingerprint density at radius 1 is 1.11 bits per heavy atom. The Labute approximate surface area is 165 Å². The monoisotopic (exact) mass is 384 g/mol. The van der Waals surface area contributed by atoms with Crippen LogP contribution in [0.5, 0.6) is 11.5 Å². The predicted octanol–water partition coefficient (Wildman–Crippen LogP) is 4.18. The van der Waals surface area contributed by atoms with E-state index in [0.717, 1.165) is 36.9 Å². The molecule has 6 heteroatoms. The normalized spacial score (nSPS) is 23.4. The first-order valence-corrected chi connectivity index (χ1v) is 10.0. The molecule has 2 heterocycles. The molecule has 150 valence electrons. The molecule has 1 aromatic heterocycles. The lowest BCUT2D eigenvalue weighted by Crippen LogP contribution is -2.51. The van der Waals surface area contributed by atoms with E-state index in [9.17, 15) is 4.79 Å². The van der Waals surface area contributed by atoms with E-state index in [1.165, 1.54) is 6.42 Å². The van der Waals surface area contributed by atoms with Gasteiger partial charge in [0.25, 0.3) is 0 Å². The van der Waals surface area contributed by atoms with Gasteiger partial charge >= 0.3 is 0 Å². The third kappa shape index (κ3) is 3.05. The third-order valence-electron chi connectivity index (χ3n) is 6.26. The molecule has 4 rings (SSSR count). The highest BCUT2D eigenvalue weighted by Crippen LogP contribution is 2.51. The van der Waals surface area contributed by atoms with E-state index >= 15 is 0 Å². The van der Waals surface area contributed by atoms with E-state index in [2.05, 4.69) is 23.9 Å². The SMILES string of the molecule is COc1ccc(-c2cc(C3(C(=O)N4C(C)CCCC4C)CC3)no2)cc1OC. The highest BCUT2D eigenvalue weighted by atomic mass is 16.5. The lowest BCUT2D eigenvalue weighted by atomic mass is 9.92. The first-order valence-electron chi connectivity index (χ1n) is 10.0. The van der Waals surface area contributed by atoms with Crippen molar-refractivity contribution >= 4 is 5.91 Å². The number of methoxy groups -OCH3 is 2. The Hall–Kier alpha value is -2.50. The summed E-state index contributed by atoms with van der Waals surface area (Å²) in [5.41, 5.74) is 1.07. The molecular formula is C22H28N2O4. The number of aromatic nitrogens is 1. The number of hydrogen-bond donors (Lipinski definition) is 0. The summed E-state index contributed by atoms with van der Waals surface area (Å²) in [5.74, 6) is 2.13. The average Bonchev–Trinajstić information content (AvgIpc) is 3.36. The van der Waals surface area contributed by atoms with Crippen molar-refractivity contribution in [3.8, 4) is 22.8 Å². The maximum Gasteiger partial charge on any atom is 0.235 e. The Balaban J connectivity index is 1.61. The van der Waals surface area contributed by atoms with Crippen molar-refractivity contribution in [3.63, 3.8) is 0 Å². The summed E-state index contributed by atoms with van der Waals surface area (Å²) in [6.45, 7) is 4.31. The number of carbonyl (C=O) groups excluding carboxylic acids is 1. The molecule has 2 unspecified atom stereocenters. The zero-order valence-electron chi connectivity index (χ0n) is 17.0. The zero-order chi connectivity index (χ0) is 19.9. The van der Waals surface area contributed by atoms with Crippen molar-refractivity contribution < 1.29 is 18.8 Å². The van der Waals surface area contributed by atoms with E-state index in [4.69, 9.17) is 14.0 Å². The molecular weight excluding hydrogens is 356 g/mol. The van der Waals surface area contributed by atoms with Gasteiger partial charge in [0.2, 0.25) is 5.91 Å². The fourth-order valence-corrected chi connectivity index (χ4v) is 4.40. The highest BCUT2D eigenvalue weighted by molar-refractivity contribution is 5.91. The number of nitrogens with zero attached hydrogens (tertiary/aromatic N) is 2. The molecule has 2 aliphatic rings. The number of ether oxygens (including phenoxy) is 2. The van der Waals surface area contributed by atoms with Gasteiger partial charge in [-0.1, -0.05) is 5.16 Å². The molecule has 2 atom stereocenters. The summed E-state index contributed by atoms with van der Waals surface area (Å²) in [6, 6.07) is 8.08. The van der Waals surface area contributed by atoms with Gasteiger partial charge in [0.05, 0.1) is 25.3 Å². The number of benzene rings is 1. The van der Waals surface area contributed by atoms with Crippen LogP contribution in [-0.4, -0.2) is 42.3 Å². The van der Waals surface area contributed by atoms with Crippen molar-refractivity contribution in [2.24, 2.45) is 0 Å². The van der Waals surface area contributed by atoms with Crippen molar-refractivity contribution in [2.75, 3.05) is 14.2 Å². The summed E-state index contributed by atoms with van der Waals surface area (Å²) >= 11 is 0. The van der Waals surface area contributed by atoms with Crippen LogP contribution in [-0.2, 0) is 10.2 Å². The molecule has 1 aliphatic heterocycles. The first kappa shape index (κ1) is 18.8. The Kier molecular flexibility index (Phi) is 4.81. The van der Waals surface area contributed by atoms with Crippen LogP contribution in [0.1, 0.15) is 51.6 Å². The van der Waals surface area contributed by atoms with Gasteiger partial charge in [0.1, 0.15) is 0 Å². The van der Waals surface area contributed by atoms with Crippen LogP contribution in [0, 0.1) is 0 Å². The molecule has 0 spiro atoms. The summed E-state index contributed by atoms with van der Waals surface area (Å²) < 4.78 is 16.3. The summed E-state index contributed by atoms with van der Waals surface area (Å²) in [6.07, 6.45) is 5.00. The van der Waals surface area contributed by atoms with E-state index in [-0.39, 0.29) is 18.0 Å². The van der Waals surface area contributed by atoms with Gasteiger partial charge in [0, 0.05) is 23.7 Å². The Morgan fingerprint density at radius 3 is 2.39 bits per heavy atom. The zero-order valence-corrected chi connectivity index (χ0v) is 17.0. The van der Waals surface area contributed by atoms with Crippen LogP contribution in [0.3, 0.4) is 0 Å². The summed E-state index contributed by atoms with van der Waals surface area (Å²) in [4.78, 5) is 15.5. The molecule has 1 amide bonds. The molecule has 1 saturated heterocycles. The van der Waals surface area contributed by atoms with Gasteiger partial charge in [-0.3, -0.25) is 4.79 Å². The minimum absolute atomic E-state index is 0.208. The fourth-order valence-electron chi connectivity index (χ4n) is 4.40. The second kappa shape index (κ2) is 7.15. The summed E-state index contributed by atoms with van der Waals surface area (Å²) in [7, 11) is 3.21. The second-order valence-electron chi connectivity index (χ2n) is 8.07. The van der Waals surface area contributed by atoms with Gasteiger partial charge in [-0.15, -0.1) is 0 Å². The molecule has 2 fully saturated rings. The van der Waals surface area contributed by atoms with Crippen molar-refractivity contribution in [2.45, 2.75) is 63.5 Å². The molecule has 0 N–H and O–H groups in total. The van der Waals surface area contributed by atoms with E-state index < -0.39 is 5.41 Å². The molecule has 28 heavy (non-hydrogen) atoms. The van der Waals surface area contributed by atoms with E-state index in [1.54, 1.807) is 14.2 Å². The van der Waals surface area contributed by atoms with Crippen LogP contribution in [0.4, 0.5) is 0 Å². The third-order valence-corrected chi connectivity index (χ3v) is 6.26. The molecule has 6 nitrogen and oxygen atoms in total. The lowest BCUT2D eigenvalue weighted by Gasteiger charge is -2.40. The molecule has 2 aromatic rings. The van der Waals surface area contributed by atoms with Gasteiger partial charge < -0.3 is 18.9 Å². The largest absolute Gasteiger partial charge is 0.493 e. The van der Waals surface area contributed by atoms with Crippen molar-refractivity contribution in [1.29, 1.82) is 0 Å². The van der Waals surface area contributed by atoms with E-state index in [0.29, 0.717) is 17.3 Å². The quantitative estimate of drug-likeness (QED) is 0.774. The van der Waals surface area contributed by atoms with Gasteiger partial charge in [0.15, 0.2) is 17.3 Å². The lowest BCUT2D eigenvalue weighted by molar-refractivity contribution is -0.140. The van der Waals surface area contributed by atoms with Crippen LogP contribution >= 0.6 is 0 Å². The number of hydrogen-bond acceptors (Lipinski definition) is 5. The average molecular weight is 384 g/mol. The van der Waals surface area contributed by atoms with Crippen LogP contribution in [0.25, 0.3) is 11.3 Å². The summed E-state index contributed by atoms with van der Waals surface area (Å²) in [5, 5.41) is 4.30. The van der Waals surface area contributed by atoms with Gasteiger partial charge in [-0.05, 0) is 64.2 Å². The van der Waals surface area contributed by atoms with Crippen LogP contribution in [0.2, 0.25) is 0 Å². The molecule has 1 aromatic carbocycles. The Morgan fingerprint density at radius 2 is 1.79 bits per heavy atom. The van der Waals surface area contributed by atoms with Crippen molar-refractivity contribution in [1.82, 2.24) is 10.1 Å². The second-order valence-corrected chi connectivity index (χ2v) is 8.07. The highest BCUT2D eigenvalue weighted by Gasteiger charge is 2.56. The standard InChI is InChI=1S/C22H28N2O4/c1-14-6-5-7-15(2)24(14)21(25)22(10-11-22)20-13-18(28-23-20)16-8-9-17(26-3)19(12-16)27-4/h8-9,12-15H,5-7,10-11H2,1-4H3. The van der Waals surface area contributed by atoms with E-state index in [1.807, 2.05) is 24.3 Å². The van der Waals surface area contributed by atoms with Gasteiger partial charge in [-0.25, -0.2) is 0 Å². The predicted molar refractivity (Wildman–Crippen MR) is 106 cm³/mol. The van der Waals surface area contributed by atoms with Gasteiger partial charge in [-0.2, -0.15) is 0 Å². The molecule has 1 aliphatic carbocycles. The van der Waals surface area contributed by atoms with Crippen LogP contribution in [0.15, 0.2) is 28.8 Å². The number of amides is 1. The molecule has 0 radical (unpaired) electrons. The first-order chi connectivity index (χ1) is 13.5. The number of likely N-dealkylation sites (tertiary alicyclic amines) is 1. The minimum atomic E-state index is -0.516.